The summed E-state index contributed by atoms with van der Waals surface area (Å²) in [6.07, 6.45) is -0.00463. The molecule has 5 nitrogen and oxygen atoms in total. The average molecular weight is 155 g/mol. The second-order valence-electron chi connectivity index (χ2n) is 1.96. The summed E-state index contributed by atoms with van der Waals surface area (Å²) in [5.74, 6) is 0. The van der Waals surface area contributed by atoms with Gasteiger partial charge in [-0.2, -0.15) is 0 Å². The number of aromatic nitrogens is 1. The van der Waals surface area contributed by atoms with Crippen LogP contribution in [0.25, 0.3) is 0 Å². The minimum Gasteiger partial charge on any atom is -0.464 e. The molecule has 0 unspecified atom stereocenters. The van der Waals surface area contributed by atoms with E-state index in [0.717, 1.165) is 4.57 Å². The molecule has 0 radical (unpaired) electrons. The monoisotopic (exact) mass is 155 g/mol. The van der Waals surface area contributed by atoms with Gasteiger partial charge >= 0.3 is 13.2 Å². The smallest absolute Gasteiger partial charge is 0.464 e. The molecule has 1 heterocycles. The third-order valence-electron chi connectivity index (χ3n) is 1.25. The lowest BCUT2D eigenvalue weighted by atomic mass is 9.86. The highest BCUT2D eigenvalue weighted by atomic mass is 16.4. The molecule has 0 spiro atoms. The number of carboxylic acid groups (broad SMARTS) is 1. The highest BCUT2D eigenvalue weighted by Crippen LogP contribution is 1.87. The van der Waals surface area contributed by atoms with Gasteiger partial charge in [0.05, 0.1) is 5.59 Å². The topological polar surface area (TPSA) is 82.7 Å². The molecule has 0 bridgehead atoms. The third-order valence-corrected chi connectivity index (χ3v) is 1.25. The zero-order valence-corrected chi connectivity index (χ0v) is 5.51. The van der Waals surface area contributed by atoms with Crippen molar-refractivity contribution in [3.63, 3.8) is 0 Å². The second kappa shape index (κ2) is 2.77. The summed E-state index contributed by atoms with van der Waals surface area (Å²) in [6, 6.07) is 2.74. The van der Waals surface area contributed by atoms with E-state index in [1.807, 2.05) is 0 Å². The lowest BCUT2D eigenvalue weighted by Gasteiger charge is -2.00. The zero-order chi connectivity index (χ0) is 8.43. The van der Waals surface area contributed by atoms with Crippen LogP contribution in [0.4, 0.5) is 4.79 Å². The van der Waals surface area contributed by atoms with E-state index in [1.165, 1.54) is 18.3 Å². The molecule has 0 aliphatic carbocycles. The molecule has 0 amide bonds. The van der Waals surface area contributed by atoms with Crippen LogP contribution in [0, 0.1) is 0 Å². The quantitative estimate of drug-likeness (QED) is 0.440. The van der Waals surface area contributed by atoms with Crippen molar-refractivity contribution in [3.8, 4) is 0 Å². The maximum atomic E-state index is 10.3. The molecule has 58 valence electrons. The Morgan fingerprint density at radius 3 is 2.55 bits per heavy atom. The van der Waals surface area contributed by atoms with Crippen LogP contribution in [0.5, 0.6) is 0 Å². The summed E-state index contributed by atoms with van der Waals surface area (Å²) < 4.78 is 0.741. The molecule has 0 saturated heterocycles. The molecule has 6 heteroatoms. The lowest BCUT2D eigenvalue weighted by molar-refractivity contribution is 0.196. The predicted molar refractivity (Wildman–Crippen MR) is 37.7 cm³/mol. The standard InChI is InChI=1S/C5H6BNO4/c8-5(9)7-3-1-2-4(7)6(10)11/h1-3,10-11H,(H,8,9). The first-order valence-corrected chi connectivity index (χ1v) is 2.89. The van der Waals surface area contributed by atoms with E-state index in [0.29, 0.717) is 0 Å². The van der Waals surface area contributed by atoms with E-state index in [-0.39, 0.29) is 5.59 Å². The van der Waals surface area contributed by atoms with Gasteiger partial charge in [0, 0.05) is 6.20 Å². The van der Waals surface area contributed by atoms with Crippen molar-refractivity contribution in [3.05, 3.63) is 18.3 Å². The second-order valence-corrected chi connectivity index (χ2v) is 1.96. The molecular weight excluding hydrogens is 149 g/mol. The summed E-state index contributed by atoms with van der Waals surface area (Å²) in [7, 11) is -1.75. The Balaban J connectivity index is 3.06. The first-order chi connectivity index (χ1) is 5.13. The van der Waals surface area contributed by atoms with Crippen LogP contribution in [0.15, 0.2) is 18.3 Å². The highest BCUT2D eigenvalue weighted by Gasteiger charge is 2.18. The van der Waals surface area contributed by atoms with Gasteiger partial charge in [-0.1, -0.05) is 0 Å². The molecule has 0 atom stereocenters. The SMILES string of the molecule is O=C(O)n1cccc1B(O)O. The van der Waals surface area contributed by atoms with E-state index in [9.17, 15) is 4.79 Å². The van der Waals surface area contributed by atoms with Gasteiger partial charge < -0.3 is 15.2 Å². The predicted octanol–water partition coefficient (Wildman–Crippen LogP) is -1.31. The largest absolute Gasteiger partial charge is 0.506 e. The third kappa shape index (κ3) is 1.41. The lowest BCUT2D eigenvalue weighted by Crippen LogP contribution is -2.38. The minimum absolute atomic E-state index is 0.0579. The number of hydrogen-bond donors (Lipinski definition) is 3. The summed E-state index contributed by atoms with van der Waals surface area (Å²) >= 11 is 0. The highest BCUT2D eigenvalue weighted by molar-refractivity contribution is 6.58. The first kappa shape index (κ1) is 7.84. The summed E-state index contributed by atoms with van der Waals surface area (Å²) in [5, 5.41) is 25.7. The fourth-order valence-corrected chi connectivity index (χ4v) is 0.779. The van der Waals surface area contributed by atoms with Crippen molar-refractivity contribution in [1.29, 1.82) is 0 Å². The van der Waals surface area contributed by atoms with Gasteiger partial charge in [0.1, 0.15) is 0 Å². The van der Waals surface area contributed by atoms with Crippen LogP contribution in [0.3, 0.4) is 0 Å². The Labute approximate surface area is 62.7 Å². The van der Waals surface area contributed by atoms with Gasteiger partial charge in [-0.3, -0.25) is 4.57 Å². The van der Waals surface area contributed by atoms with E-state index in [2.05, 4.69) is 0 Å². The van der Waals surface area contributed by atoms with E-state index >= 15 is 0 Å². The summed E-state index contributed by atoms with van der Waals surface area (Å²) in [5.41, 5.74) is -0.0579. The molecule has 1 aromatic heterocycles. The molecule has 1 rings (SSSR count). The number of hydrogen-bond acceptors (Lipinski definition) is 3. The molecule has 3 N–H and O–H groups in total. The Kier molecular flexibility index (Phi) is 1.97. The van der Waals surface area contributed by atoms with Gasteiger partial charge in [-0.05, 0) is 12.1 Å². The van der Waals surface area contributed by atoms with Crippen molar-refractivity contribution in [2.24, 2.45) is 0 Å². The van der Waals surface area contributed by atoms with Gasteiger partial charge in [0.25, 0.3) is 0 Å². The van der Waals surface area contributed by atoms with E-state index in [1.54, 1.807) is 0 Å². The maximum Gasteiger partial charge on any atom is 0.506 e. The molecular formula is C5H6BNO4. The van der Waals surface area contributed by atoms with Crippen LogP contribution in [0.1, 0.15) is 0 Å². The Hall–Kier alpha value is -1.27. The average Bonchev–Trinajstić information content (AvgIpc) is 2.32. The Morgan fingerprint density at radius 2 is 2.18 bits per heavy atom. The molecule has 0 aliphatic rings. The Bertz CT molecular complexity index is 269. The molecule has 0 fully saturated rings. The van der Waals surface area contributed by atoms with Crippen LogP contribution >= 0.6 is 0 Å². The van der Waals surface area contributed by atoms with Gasteiger partial charge in [0.15, 0.2) is 0 Å². The van der Waals surface area contributed by atoms with Crippen molar-refractivity contribution < 1.29 is 19.9 Å². The number of rotatable bonds is 1. The molecule has 0 aliphatic heterocycles. The fraction of sp³-hybridized carbons (Fsp3) is 0. The molecule has 11 heavy (non-hydrogen) atoms. The molecule has 1 aromatic rings. The van der Waals surface area contributed by atoms with Crippen molar-refractivity contribution >= 4 is 18.8 Å². The zero-order valence-electron chi connectivity index (χ0n) is 5.51. The van der Waals surface area contributed by atoms with Crippen LogP contribution in [-0.2, 0) is 0 Å². The summed E-state index contributed by atoms with van der Waals surface area (Å²) in [4.78, 5) is 10.3. The van der Waals surface area contributed by atoms with Crippen molar-refractivity contribution in [1.82, 2.24) is 4.57 Å². The summed E-state index contributed by atoms with van der Waals surface area (Å²) in [6.45, 7) is 0. The fourth-order valence-electron chi connectivity index (χ4n) is 0.779. The van der Waals surface area contributed by atoms with Gasteiger partial charge in [-0.15, -0.1) is 0 Å². The van der Waals surface area contributed by atoms with Crippen molar-refractivity contribution in [2.75, 3.05) is 0 Å². The number of nitrogens with zero attached hydrogens (tertiary/aromatic N) is 1. The van der Waals surface area contributed by atoms with Crippen LogP contribution in [-0.4, -0.2) is 32.9 Å². The van der Waals surface area contributed by atoms with Gasteiger partial charge in [0.2, 0.25) is 0 Å². The van der Waals surface area contributed by atoms with E-state index in [4.69, 9.17) is 15.2 Å². The van der Waals surface area contributed by atoms with Crippen LogP contribution < -0.4 is 5.59 Å². The minimum atomic E-state index is -1.75. The normalized spacial score (nSPS) is 9.64. The maximum absolute atomic E-state index is 10.3. The number of carbonyl (C=O) groups is 1. The first-order valence-electron chi connectivity index (χ1n) is 2.89. The molecule has 0 saturated carbocycles. The van der Waals surface area contributed by atoms with Gasteiger partial charge in [-0.25, -0.2) is 4.79 Å². The van der Waals surface area contributed by atoms with Crippen LogP contribution in [0.2, 0.25) is 0 Å². The Morgan fingerprint density at radius 1 is 1.55 bits per heavy atom. The van der Waals surface area contributed by atoms with E-state index < -0.39 is 13.2 Å². The molecule has 0 aromatic carbocycles. The van der Waals surface area contributed by atoms with Crippen molar-refractivity contribution in [2.45, 2.75) is 0 Å².